The summed E-state index contributed by atoms with van der Waals surface area (Å²) in [6.07, 6.45) is 7.98. The van der Waals surface area contributed by atoms with Gasteiger partial charge in [-0.15, -0.1) is 0 Å². The smallest absolute Gasteiger partial charge is 0.292 e. The summed E-state index contributed by atoms with van der Waals surface area (Å²) in [4.78, 5) is 27.2. The molecule has 5 rings (SSSR count). The molecule has 1 amide bonds. The lowest BCUT2D eigenvalue weighted by Crippen LogP contribution is -2.39. The number of morpholine rings is 1. The number of nitrogens with zero attached hydrogens (tertiary/aromatic N) is 5. The van der Waals surface area contributed by atoms with E-state index < -0.39 is 0 Å². The summed E-state index contributed by atoms with van der Waals surface area (Å²) in [7, 11) is 0. The van der Waals surface area contributed by atoms with E-state index in [2.05, 4.69) is 22.0 Å². The third kappa shape index (κ3) is 5.25. The minimum absolute atomic E-state index is 0.0119. The van der Waals surface area contributed by atoms with Crippen molar-refractivity contribution in [1.29, 1.82) is 0 Å². The molecular formula is C24H33N5O3S. The van der Waals surface area contributed by atoms with E-state index in [1.165, 1.54) is 0 Å². The van der Waals surface area contributed by atoms with Crippen molar-refractivity contribution in [1.82, 2.24) is 24.9 Å². The van der Waals surface area contributed by atoms with Crippen LogP contribution in [-0.4, -0.2) is 82.5 Å². The largest absolute Gasteiger partial charge is 0.379 e. The van der Waals surface area contributed by atoms with Crippen molar-refractivity contribution in [3.05, 3.63) is 34.5 Å². The van der Waals surface area contributed by atoms with Gasteiger partial charge in [0, 0.05) is 56.2 Å². The third-order valence-corrected chi connectivity index (χ3v) is 7.82. The molecule has 1 atom stereocenters. The van der Waals surface area contributed by atoms with Crippen LogP contribution in [0.25, 0.3) is 0 Å². The summed E-state index contributed by atoms with van der Waals surface area (Å²) in [5.41, 5.74) is 4.19. The fourth-order valence-corrected chi connectivity index (χ4v) is 5.92. The van der Waals surface area contributed by atoms with E-state index in [-0.39, 0.29) is 11.8 Å². The van der Waals surface area contributed by atoms with Crippen LogP contribution in [0.3, 0.4) is 0 Å². The maximum Gasteiger partial charge on any atom is 0.292 e. The van der Waals surface area contributed by atoms with E-state index in [4.69, 9.17) is 14.2 Å². The minimum Gasteiger partial charge on any atom is -0.379 e. The zero-order valence-corrected chi connectivity index (χ0v) is 20.2. The number of rotatable bonds is 6. The van der Waals surface area contributed by atoms with Crippen molar-refractivity contribution in [3.63, 3.8) is 0 Å². The quantitative estimate of drug-likeness (QED) is 0.469. The van der Waals surface area contributed by atoms with Crippen molar-refractivity contribution in [2.24, 2.45) is 0 Å². The van der Waals surface area contributed by atoms with Gasteiger partial charge in [-0.2, -0.15) is 0 Å². The van der Waals surface area contributed by atoms with E-state index in [1.807, 2.05) is 11.1 Å². The van der Waals surface area contributed by atoms with Crippen molar-refractivity contribution in [3.8, 4) is 0 Å². The molecular weight excluding hydrogens is 438 g/mol. The predicted octanol–water partition coefficient (Wildman–Crippen LogP) is 3.10. The molecule has 0 N–H and O–H groups in total. The number of carbonyl (C=O) groups excluding carboxylic acids is 1. The maximum atomic E-state index is 13.3. The molecule has 3 aliphatic rings. The van der Waals surface area contributed by atoms with Gasteiger partial charge in [-0.3, -0.25) is 9.69 Å². The van der Waals surface area contributed by atoms with Gasteiger partial charge in [0.1, 0.15) is 0 Å². The number of carbonyl (C=O) groups is 1. The lowest BCUT2D eigenvalue weighted by atomic mass is 9.91. The lowest BCUT2D eigenvalue weighted by Gasteiger charge is -2.32. The van der Waals surface area contributed by atoms with E-state index in [0.29, 0.717) is 12.3 Å². The van der Waals surface area contributed by atoms with Gasteiger partial charge in [0.15, 0.2) is 5.16 Å². The normalized spacial score (nSPS) is 21.7. The molecule has 33 heavy (non-hydrogen) atoms. The highest BCUT2D eigenvalue weighted by atomic mass is 32.2. The predicted molar refractivity (Wildman–Crippen MR) is 126 cm³/mol. The minimum atomic E-state index is -0.0119. The molecule has 2 fully saturated rings. The molecule has 4 heterocycles. The molecule has 0 spiro atoms. The molecule has 0 bridgehead atoms. The van der Waals surface area contributed by atoms with Gasteiger partial charge in [-0.05, 0) is 51.0 Å². The van der Waals surface area contributed by atoms with E-state index >= 15 is 0 Å². The Morgan fingerprint density at radius 3 is 2.91 bits per heavy atom. The van der Waals surface area contributed by atoms with Gasteiger partial charge in [-0.25, -0.2) is 9.97 Å². The first-order valence-corrected chi connectivity index (χ1v) is 13.2. The van der Waals surface area contributed by atoms with Crippen LogP contribution in [0.15, 0.2) is 15.9 Å². The summed E-state index contributed by atoms with van der Waals surface area (Å²) in [6.45, 7) is 8.17. The van der Waals surface area contributed by atoms with Gasteiger partial charge in [0.2, 0.25) is 5.76 Å². The lowest BCUT2D eigenvalue weighted by molar-refractivity contribution is 0.0410. The first kappa shape index (κ1) is 22.8. The fraction of sp³-hybridized carbons (Fsp3) is 0.667. The molecule has 0 aromatic carbocycles. The standard InChI is InChI=1S/C24H33N5O3S/c1-17-15-25-24(33-14-11-28-9-12-31-13-10-28)26-21(17)18-5-4-8-29(16-18)23(30)22-19-6-2-3-7-20(19)27-32-22/h15,18H,2-14,16H2,1H3. The van der Waals surface area contributed by atoms with Crippen LogP contribution in [-0.2, 0) is 17.6 Å². The van der Waals surface area contributed by atoms with Crippen LogP contribution < -0.4 is 0 Å². The zero-order chi connectivity index (χ0) is 22.6. The van der Waals surface area contributed by atoms with Gasteiger partial charge in [0.05, 0.1) is 24.6 Å². The number of fused-ring (bicyclic) bond motifs is 1. The molecule has 2 aliphatic heterocycles. The molecule has 8 nitrogen and oxygen atoms in total. The maximum absolute atomic E-state index is 13.3. The Balaban J connectivity index is 1.23. The molecule has 178 valence electrons. The molecule has 0 saturated carbocycles. The van der Waals surface area contributed by atoms with E-state index in [1.54, 1.807) is 11.8 Å². The number of likely N-dealkylation sites (tertiary alicyclic amines) is 1. The summed E-state index contributed by atoms with van der Waals surface area (Å²) in [5, 5.41) is 5.01. The van der Waals surface area contributed by atoms with Crippen LogP contribution in [0.2, 0.25) is 0 Å². The molecule has 1 aliphatic carbocycles. The summed E-state index contributed by atoms with van der Waals surface area (Å²) in [6, 6.07) is 0. The first-order chi connectivity index (χ1) is 16.2. The Morgan fingerprint density at radius 2 is 2.03 bits per heavy atom. The van der Waals surface area contributed by atoms with Crippen LogP contribution in [0, 0.1) is 6.92 Å². The van der Waals surface area contributed by atoms with Crippen LogP contribution >= 0.6 is 11.8 Å². The van der Waals surface area contributed by atoms with Crippen molar-refractivity contribution in [2.75, 3.05) is 51.7 Å². The van der Waals surface area contributed by atoms with Crippen molar-refractivity contribution in [2.45, 2.75) is 56.5 Å². The van der Waals surface area contributed by atoms with Crippen LogP contribution in [0.4, 0.5) is 0 Å². The highest BCUT2D eigenvalue weighted by Gasteiger charge is 2.32. The Kier molecular flexibility index (Phi) is 7.27. The summed E-state index contributed by atoms with van der Waals surface area (Å²) >= 11 is 1.71. The second-order valence-corrected chi connectivity index (χ2v) is 10.3. The zero-order valence-electron chi connectivity index (χ0n) is 19.4. The average molecular weight is 472 g/mol. The number of thioether (sulfide) groups is 1. The SMILES string of the molecule is Cc1cnc(SCCN2CCOCC2)nc1C1CCCN(C(=O)c2onc3c2CCCC3)C1. The van der Waals surface area contributed by atoms with E-state index in [9.17, 15) is 4.79 Å². The van der Waals surface area contributed by atoms with Gasteiger partial charge in [0.25, 0.3) is 5.91 Å². The highest BCUT2D eigenvalue weighted by molar-refractivity contribution is 7.99. The molecule has 2 aromatic rings. The number of piperidine rings is 1. The Labute approximate surface area is 199 Å². The number of aryl methyl sites for hydroxylation is 2. The van der Waals surface area contributed by atoms with Crippen LogP contribution in [0.5, 0.6) is 0 Å². The molecule has 2 saturated heterocycles. The van der Waals surface area contributed by atoms with Gasteiger partial charge in [-0.1, -0.05) is 16.9 Å². The van der Waals surface area contributed by atoms with Crippen molar-refractivity contribution < 1.29 is 14.1 Å². The van der Waals surface area contributed by atoms with Gasteiger partial charge < -0.3 is 14.2 Å². The third-order valence-electron chi connectivity index (χ3n) is 6.98. The second kappa shape index (κ2) is 10.5. The summed E-state index contributed by atoms with van der Waals surface area (Å²) in [5.74, 6) is 1.64. The number of amides is 1. The molecule has 9 heteroatoms. The molecule has 0 radical (unpaired) electrons. The molecule has 2 aromatic heterocycles. The van der Waals surface area contributed by atoms with E-state index in [0.717, 1.165) is 111 Å². The highest BCUT2D eigenvalue weighted by Crippen LogP contribution is 2.31. The van der Waals surface area contributed by atoms with Crippen molar-refractivity contribution >= 4 is 17.7 Å². The number of aromatic nitrogens is 3. The average Bonchev–Trinajstić information content (AvgIpc) is 3.29. The molecule has 1 unspecified atom stereocenters. The van der Waals surface area contributed by atoms with Crippen LogP contribution in [0.1, 0.15) is 64.7 Å². The number of ether oxygens (including phenoxy) is 1. The Bertz CT molecular complexity index is 975. The second-order valence-electron chi connectivity index (χ2n) is 9.26. The topological polar surface area (TPSA) is 84.6 Å². The number of hydrogen-bond acceptors (Lipinski definition) is 8. The Morgan fingerprint density at radius 1 is 1.18 bits per heavy atom. The Hall–Kier alpha value is -1.97. The summed E-state index contributed by atoms with van der Waals surface area (Å²) < 4.78 is 11.0. The first-order valence-electron chi connectivity index (χ1n) is 12.2. The van der Waals surface area contributed by atoms with Gasteiger partial charge >= 0.3 is 0 Å². The number of hydrogen-bond donors (Lipinski definition) is 0. The fourth-order valence-electron chi connectivity index (χ4n) is 5.10. The monoisotopic (exact) mass is 471 g/mol.